The number of anilines is 1. The molecular formula is C14H18FNO4S. The Bertz CT molecular complexity index is 644. The highest BCUT2D eigenvalue weighted by Crippen LogP contribution is 2.33. The van der Waals surface area contributed by atoms with Crippen molar-refractivity contribution in [3.63, 3.8) is 0 Å². The Hall–Kier alpha value is -1.63. The van der Waals surface area contributed by atoms with Crippen molar-refractivity contribution in [1.82, 2.24) is 0 Å². The zero-order valence-electron chi connectivity index (χ0n) is 11.9. The highest BCUT2D eigenvalue weighted by atomic mass is 32.2. The lowest BCUT2D eigenvalue weighted by molar-refractivity contribution is -0.145. The molecule has 2 atom stereocenters. The summed E-state index contributed by atoms with van der Waals surface area (Å²) in [7, 11) is -2.61. The molecule has 2 rings (SSSR count). The number of carbonyl (C=O) groups is 1. The maximum atomic E-state index is 13.8. The third kappa shape index (κ3) is 3.34. The number of carbonyl (C=O) groups excluding carboxylic acids is 1. The molecule has 2 unspecified atom stereocenters. The summed E-state index contributed by atoms with van der Waals surface area (Å²) in [6.07, 6.45) is 1.46. The maximum absolute atomic E-state index is 13.8. The minimum absolute atomic E-state index is 0.101. The second-order valence-electron chi connectivity index (χ2n) is 5.23. The van der Waals surface area contributed by atoms with E-state index in [1.807, 2.05) is 0 Å². The van der Waals surface area contributed by atoms with Crippen LogP contribution in [0, 0.1) is 18.7 Å². The summed E-state index contributed by atoms with van der Waals surface area (Å²) >= 11 is 0. The lowest BCUT2D eigenvalue weighted by Gasteiger charge is -2.19. The number of sulfonamides is 1. The smallest absolute Gasteiger partial charge is 0.310 e. The number of hydrogen-bond donors (Lipinski definition) is 1. The van der Waals surface area contributed by atoms with Gasteiger partial charge in [0.15, 0.2) is 0 Å². The van der Waals surface area contributed by atoms with Crippen molar-refractivity contribution in [2.75, 3.05) is 11.8 Å². The summed E-state index contributed by atoms with van der Waals surface area (Å²) in [6, 6.07) is 4.25. The summed E-state index contributed by atoms with van der Waals surface area (Å²) in [5.74, 6) is -1.86. The van der Waals surface area contributed by atoms with Crippen LogP contribution in [-0.4, -0.2) is 26.7 Å². The number of benzene rings is 1. The van der Waals surface area contributed by atoms with Crippen LogP contribution in [0.25, 0.3) is 0 Å². The van der Waals surface area contributed by atoms with Gasteiger partial charge in [0.1, 0.15) is 5.82 Å². The highest BCUT2D eigenvalue weighted by molar-refractivity contribution is 7.93. The van der Waals surface area contributed by atoms with Crippen molar-refractivity contribution in [2.45, 2.75) is 31.4 Å². The highest BCUT2D eigenvalue weighted by Gasteiger charge is 2.42. The van der Waals surface area contributed by atoms with E-state index in [9.17, 15) is 17.6 Å². The van der Waals surface area contributed by atoms with Gasteiger partial charge in [0, 0.05) is 0 Å². The number of hydrogen-bond acceptors (Lipinski definition) is 4. The van der Waals surface area contributed by atoms with Crippen LogP contribution in [-0.2, 0) is 19.6 Å². The summed E-state index contributed by atoms with van der Waals surface area (Å²) in [4.78, 5) is 11.6. The number of aryl methyl sites for hydroxylation is 1. The SMILES string of the molecule is COC(=O)C1CCCC1S(=O)(=O)Nc1ccc(C)cc1F. The lowest BCUT2D eigenvalue weighted by Crippen LogP contribution is -2.35. The molecule has 21 heavy (non-hydrogen) atoms. The summed E-state index contributed by atoms with van der Waals surface area (Å²) < 4.78 is 45.4. The quantitative estimate of drug-likeness (QED) is 0.865. The molecule has 1 aliphatic rings. The van der Waals surface area contributed by atoms with E-state index in [1.165, 1.54) is 19.2 Å². The van der Waals surface area contributed by atoms with E-state index in [-0.39, 0.29) is 5.69 Å². The first-order chi connectivity index (χ1) is 9.85. The van der Waals surface area contributed by atoms with E-state index in [1.54, 1.807) is 13.0 Å². The summed E-state index contributed by atoms with van der Waals surface area (Å²) in [5.41, 5.74) is 0.597. The Morgan fingerprint density at radius 1 is 1.38 bits per heavy atom. The normalized spacial score (nSPS) is 22.0. The van der Waals surface area contributed by atoms with Crippen molar-refractivity contribution >= 4 is 21.7 Å². The van der Waals surface area contributed by atoms with E-state index in [0.29, 0.717) is 24.8 Å². The molecule has 1 aromatic carbocycles. The molecule has 1 fully saturated rings. The molecule has 0 spiro atoms. The molecule has 0 heterocycles. The Labute approximate surface area is 123 Å². The van der Waals surface area contributed by atoms with Gasteiger partial charge in [0.25, 0.3) is 0 Å². The van der Waals surface area contributed by atoms with Gasteiger partial charge in [-0.05, 0) is 37.5 Å². The summed E-state index contributed by atoms with van der Waals surface area (Å²) in [6.45, 7) is 1.71. The molecule has 1 aromatic rings. The summed E-state index contributed by atoms with van der Waals surface area (Å²) in [5, 5.41) is -0.884. The second kappa shape index (κ2) is 6.01. The first kappa shape index (κ1) is 15.8. The average molecular weight is 315 g/mol. The topological polar surface area (TPSA) is 72.5 Å². The number of methoxy groups -OCH3 is 1. The van der Waals surface area contributed by atoms with Crippen LogP contribution in [0.5, 0.6) is 0 Å². The number of ether oxygens (including phenoxy) is 1. The standard InChI is InChI=1S/C14H18FNO4S/c1-9-6-7-12(11(15)8-9)16-21(18,19)13-5-3-4-10(13)14(17)20-2/h6-8,10,13,16H,3-5H2,1-2H3. The molecule has 116 valence electrons. The number of nitrogens with one attached hydrogen (secondary N) is 1. The van der Waals surface area contributed by atoms with E-state index in [0.717, 1.165) is 0 Å². The molecule has 5 nitrogen and oxygen atoms in total. The Kier molecular flexibility index (Phi) is 4.51. The largest absolute Gasteiger partial charge is 0.469 e. The minimum atomic E-state index is -3.84. The minimum Gasteiger partial charge on any atom is -0.469 e. The van der Waals surface area contributed by atoms with Crippen molar-refractivity contribution in [1.29, 1.82) is 0 Å². The van der Waals surface area contributed by atoms with Gasteiger partial charge in [-0.1, -0.05) is 12.5 Å². The van der Waals surface area contributed by atoms with E-state index < -0.39 is 33.0 Å². The van der Waals surface area contributed by atoms with Crippen molar-refractivity contribution in [3.05, 3.63) is 29.6 Å². The molecule has 0 bridgehead atoms. The molecule has 0 amide bonds. The van der Waals surface area contributed by atoms with Gasteiger partial charge in [0.05, 0.1) is 24.0 Å². The first-order valence-corrected chi connectivity index (χ1v) is 8.25. The molecule has 0 aliphatic heterocycles. The Morgan fingerprint density at radius 3 is 2.71 bits per heavy atom. The van der Waals surface area contributed by atoms with E-state index >= 15 is 0 Å². The molecule has 1 N–H and O–H groups in total. The van der Waals surface area contributed by atoms with Gasteiger partial charge in [-0.3, -0.25) is 9.52 Å². The molecule has 7 heteroatoms. The number of rotatable bonds is 4. The fourth-order valence-electron chi connectivity index (χ4n) is 2.65. The third-order valence-corrected chi connectivity index (χ3v) is 5.60. The van der Waals surface area contributed by atoms with Crippen molar-refractivity contribution in [2.24, 2.45) is 5.92 Å². The molecule has 1 aliphatic carbocycles. The predicted octanol–water partition coefficient (Wildman–Crippen LogP) is 2.22. The zero-order valence-corrected chi connectivity index (χ0v) is 12.7. The molecule has 0 aromatic heterocycles. The van der Waals surface area contributed by atoms with E-state index in [4.69, 9.17) is 0 Å². The fraction of sp³-hybridized carbons (Fsp3) is 0.500. The monoisotopic (exact) mass is 315 g/mol. The van der Waals surface area contributed by atoms with Crippen molar-refractivity contribution < 1.29 is 22.3 Å². The molecule has 0 radical (unpaired) electrons. The van der Waals surface area contributed by atoms with Crippen LogP contribution in [0.2, 0.25) is 0 Å². The van der Waals surface area contributed by atoms with Gasteiger partial charge in [-0.15, -0.1) is 0 Å². The van der Waals surface area contributed by atoms with E-state index in [2.05, 4.69) is 9.46 Å². The molecule has 0 saturated heterocycles. The fourth-order valence-corrected chi connectivity index (χ4v) is 4.43. The second-order valence-corrected chi connectivity index (χ2v) is 7.13. The predicted molar refractivity (Wildman–Crippen MR) is 76.8 cm³/mol. The molecular weight excluding hydrogens is 297 g/mol. The average Bonchev–Trinajstić information content (AvgIpc) is 2.91. The van der Waals surface area contributed by atoms with Crippen molar-refractivity contribution in [3.8, 4) is 0 Å². The first-order valence-electron chi connectivity index (χ1n) is 6.71. The van der Waals surface area contributed by atoms with Gasteiger partial charge in [-0.2, -0.15) is 0 Å². The zero-order chi connectivity index (χ0) is 15.6. The third-order valence-electron chi connectivity index (χ3n) is 3.73. The Balaban J connectivity index is 2.23. The van der Waals surface area contributed by atoms with Crippen LogP contribution in [0.4, 0.5) is 10.1 Å². The van der Waals surface area contributed by atoms with Crippen LogP contribution < -0.4 is 4.72 Å². The van der Waals surface area contributed by atoms with Crippen LogP contribution in [0.1, 0.15) is 24.8 Å². The van der Waals surface area contributed by atoms with Crippen LogP contribution in [0.3, 0.4) is 0 Å². The Morgan fingerprint density at radius 2 is 2.10 bits per heavy atom. The van der Waals surface area contributed by atoms with Gasteiger partial charge in [0.2, 0.25) is 10.0 Å². The van der Waals surface area contributed by atoms with Gasteiger partial charge in [-0.25, -0.2) is 12.8 Å². The lowest BCUT2D eigenvalue weighted by atomic mass is 10.1. The van der Waals surface area contributed by atoms with Gasteiger partial charge < -0.3 is 4.74 Å². The van der Waals surface area contributed by atoms with Crippen LogP contribution in [0.15, 0.2) is 18.2 Å². The maximum Gasteiger partial charge on any atom is 0.310 e. The number of esters is 1. The van der Waals surface area contributed by atoms with Crippen LogP contribution >= 0.6 is 0 Å². The van der Waals surface area contributed by atoms with Gasteiger partial charge >= 0.3 is 5.97 Å². The molecule has 1 saturated carbocycles. The number of halogens is 1.